The van der Waals surface area contributed by atoms with Crippen molar-refractivity contribution in [2.75, 3.05) is 4.90 Å². The van der Waals surface area contributed by atoms with Crippen LogP contribution in [0, 0.1) is 0 Å². The van der Waals surface area contributed by atoms with E-state index < -0.39 is 0 Å². The highest BCUT2D eigenvalue weighted by molar-refractivity contribution is 6.24. The number of fused-ring (bicyclic) bond motifs is 10. The van der Waals surface area contributed by atoms with Crippen LogP contribution in [0.25, 0.3) is 98.4 Å². The highest BCUT2D eigenvalue weighted by atomic mass is 16.3. The maximum absolute atomic E-state index is 6.55. The smallest absolute Gasteiger partial charge is 0.143 e. The number of hydrogen-bond acceptors (Lipinski definition) is 3. The van der Waals surface area contributed by atoms with Crippen LogP contribution in [0.5, 0.6) is 0 Å². The molecule has 0 amide bonds. The summed E-state index contributed by atoms with van der Waals surface area (Å²) >= 11 is 0. The summed E-state index contributed by atoms with van der Waals surface area (Å²) in [6.07, 6.45) is 0. The molecule has 0 unspecified atom stereocenters. The van der Waals surface area contributed by atoms with E-state index in [1.54, 1.807) is 0 Å². The third-order valence-corrected chi connectivity index (χ3v) is 11.6. The Morgan fingerprint density at radius 2 is 0.842 bits per heavy atom. The van der Waals surface area contributed by atoms with E-state index in [9.17, 15) is 0 Å². The van der Waals surface area contributed by atoms with Crippen LogP contribution in [0.3, 0.4) is 0 Å². The summed E-state index contributed by atoms with van der Waals surface area (Å²) in [5.41, 5.74) is 11.2. The van der Waals surface area contributed by atoms with Gasteiger partial charge in [-0.05, 0) is 74.5 Å². The number of benzene rings is 10. The van der Waals surface area contributed by atoms with E-state index in [2.05, 4.69) is 181 Å². The van der Waals surface area contributed by atoms with Gasteiger partial charge in [0, 0.05) is 55.5 Å². The normalized spacial score (nSPS) is 11.9. The van der Waals surface area contributed by atoms with Gasteiger partial charge in [-0.2, -0.15) is 0 Å². The molecule has 57 heavy (non-hydrogen) atoms. The standard InChI is InChI=1S/C54H33NO2/c1-2-15-38-34(13-1)14-11-23-45(38)52-46-20-5-3-16-40(46)41-17-4-6-21-47(41)53(52)55(37-31-32-44-42-18-7-9-25-49(42)56-51(44)33-37)36-29-27-35(28-30-36)39-22-12-24-48-43-19-8-10-26-50(43)57-54(39)48/h1-33H. The Morgan fingerprint density at radius 3 is 1.63 bits per heavy atom. The quantitative estimate of drug-likeness (QED) is 0.165. The van der Waals surface area contributed by atoms with Gasteiger partial charge in [-0.3, -0.25) is 0 Å². The molecule has 0 saturated heterocycles. The van der Waals surface area contributed by atoms with Gasteiger partial charge in [-0.25, -0.2) is 0 Å². The molecule has 2 heterocycles. The average molecular weight is 728 g/mol. The molecular weight excluding hydrogens is 695 g/mol. The molecule has 12 rings (SSSR count). The van der Waals surface area contributed by atoms with Crippen molar-refractivity contribution in [3.05, 3.63) is 200 Å². The van der Waals surface area contributed by atoms with Crippen molar-refractivity contribution in [2.45, 2.75) is 0 Å². The minimum atomic E-state index is 0.851. The van der Waals surface area contributed by atoms with E-state index in [1.807, 2.05) is 24.3 Å². The number of para-hydroxylation sites is 3. The van der Waals surface area contributed by atoms with Crippen LogP contribution in [0.4, 0.5) is 17.1 Å². The summed E-state index contributed by atoms with van der Waals surface area (Å²) in [6, 6.07) is 71.6. The van der Waals surface area contributed by atoms with Crippen molar-refractivity contribution in [3.8, 4) is 22.3 Å². The fourth-order valence-electron chi connectivity index (χ4n) is 9.10. The first-order chi connectivity index (χ1) is 28.3. The molecule has 0 radical (unpaired) electrons. The van der Waals surface area contributed by atoms with Crippen LogP contribution in [0.2, 0.25) is 0 Å². The first-order valence-electron chi connectivity index (χ1n) is 19.4. The van der Waals surface area contributed by atoms with Crippen molar-refractivity contribution < 1.29 is 8.83 Å². The average Bonchev–Trinajstić information content (AvgIpc) is 3.85. The second-order valence-corrected chi connectivity index (χ2v) is 14.8. The second kappa shape index (κ2) is 12.5. The zero-order chi connectivity index (χ0) is 37.5. The topological polar surface area (TPSA) is 29.5 Å². The van der Waals surface area contributed by atoms with Gasteiger partial charge in [0.15, 0.2) is 0 Å². The van der Waals surface area contributed by atoms with Crippen molar-refractivity contribution >= 4 is 93.3 Å². The van der Waals surface area contributed by atoms with Gasteiger partial charge < -0.3 is 13.7 Å². The van der Waals surface area contributed by atoms with Gasteiger partial charge in [0.25, 0.3) is 0 Å². The minimum Gasteiger partial charge on any atom is -0.456 e. The van der Waals surface area contributed by atoms with E-state index in [0.717, 1.165) is 72.1 Å². The largest absolute Gasteiger partial charge is 0.456 e. The predicted octanol–water partition coefficient (Wildman–Crippen LogP) is 15.7. The van der Waals surface area contributed by atoms with Gasteiger partial charge in [-0.15, -0.1) is 0 Å². The Labute approximate surface area is 328 Å². The third-order valence-electron chi connectivity index (χ3n) is 11.6. The number of furan rings is 2. The molecule has 0 aliphatic heterocycles. The Hall–Kier alpha value is -7.62. The predicted molar refractivity (Wildman–Crippen MR) is 239 cm³/mol. The highest BCUT2D eigenvalue weighted by Crippen LogP contribution is 2.51. The molecular formula is C54H33NO2. The fraction of sp³-hybridized carbons (Fsp3) is 0. The molecule has 0 bridgehead atoms. The SMILES string of the molecule is c1ccc2c(-c3c(N(c4ccc(-c5cccc6c5oc5ccccc56)cc4)c4ccc5c(c4)oc4ccccc45)c4ccccc4c4ccccc34)cccc2c1. The Balaban J connectivity index is 1.16. The molecule has 3 heteroatoms. The summed E-state index contributed by atoms with van der Waals surface area (Å²) in [4.78, 5) is 2.43. The zero-order valence-corrected chi connectivity index (χ0v) is 30.8. The van der Waals surface area contributed by atoms with Gasteiger partial charge >= 0.3 is 0 Å². The molecule has 2 aromatic heterocycles. The van der Waals surface area contributed by atoms with E-state index >= 15 is 0 Å². The summed E-state index contributed by atoms with van der Waals surface area (Å²) in [5.74, 6) is 0. The van der Waals surface area contributed by atoms with Gasteiger partial charge in [-0.1, -0.05) is 158 Å². The lowest BCUT2D eigenvalue weighted by Gasteiger charge is -2.31. The molecule has 0 spiro atoms. The van der Waals surface area contributed by atoms with E-state index in [-0.39, 0.29) is 0 Å². The molecule has 0 N–H and O–H groups in total. The van der Waals surface area contributed by atoms with E-state index in [1.165, 1.54) is 43.4 Å². The second-order valence-electron chi connectivity index (χ2n) is 14.8. The molecule has 3 nitrogen and oxygen atoms in total. The Kier molecular flexibility index (Phi) is 6.93. The highest BCUT2D eigenvalue weighted by Gasteiger charge is 2.25. The summed E-state index contributed by atoms with van der Waals surface area (Å²) < 4.78 is 13.0. The maximum Gasteiger partial charge on any atom is 0.143 e. The molecule has 0 saturated carbocycles. The fourth-order valence-corrected chi connectivity index (χ4v) is 9.10. The molecule has 12 aromatic rings. The molecule has 0 atom stereocenters. The lowest BCUT2D eigenvalue weighted by molar-refractivity contribution is 0.669. The van der Waals surface area contributed by atoms with E-state index in [0.29, 0.717) is 0 Å². The summed E-state index contributed by atoms with van der Waals surface area (Å²) in [7, 11) is 0. The maximum atomic E-state index is 6.55. The van der Waals surface area contributed by atoms with Gasteiger partial charge in [0.05, 0.1) is 5.69 Å². The van der Waals surface area contributed by atoms with Crippen LogP contribution < -0.4 is 4.90 Å². The lowest BCUT2D eigenvalue weighted by atomic mass is 9.88. The summed E-state index contributed by atoms with van der Waals surface area (Å²) in [6.45, 7) is 0. The number of nitrogens with zero attached hydrogens (tertiary/aromatic N) is 1. The molecule has 10 aromatic carbocycles. The molecule has 266 valence electrons. The van der Waals surface area contributed by atoms with Crippen molar-refractivity contribution in [2.24, 2.45) is 0 Å². The van der Waals surface area contributed by atoms with Crippen LogP contribution in [0.1, 0.15) is 0 Å². The van der Waals surface area contributed by atoms with Crippen molar-refractivity contribution in [3.63, 3.8) is 0 Å². The third kappa shape index (κ3) is 4.86. The zero-order valence-electron chi connectivity index (χ0n) is 30.8. The number of hydrogen-bond donors (Lipinski definition) is 0. The van der Waals surface area contributed by atoms with Gasteiger partial charge in [0.2, 0.25) is 0 Å². The Bertz CT molecular complexity index is 3530. The van der Waals surface area contributed by atoms with Crippen LogP contribution in [0.15, 0.2) is 209 Å². The molecule has 0 aliphatic rings. The molecule has 0 aliphatic carbocycles. The van der Waals surface area contributed by atoms with Gasteiger partial charge in [0.1, 0.15) is 22.3 Å². The van der Waals surface area contributed by atoms with Crippen LogP contribution in [-0.4, -0.2) is 0 Å². The molecule has 0 fully saturated rings. The van der Waals surface area contributed by atoms with E-state index in [4.69, 9.17) is 8.83 Å². The first-order valence-corrected chi connectivity index (χ1v) is 19.4. The number of rotatable bonds is 5. The van der Waals surface area contributed by atoms with Crippen molar-refractivity contribution in [1.82, 2.24) is 0 Å². The van der Waals surface area contributed by atoms with Crippen molar-refractivity contribution in [1.29, 1.82) is 0 Å². The first kappa shape index (κ1) is 31.7. The number of anilines is 3. The summed E-state index contributed by atoms with van der Waals surface area (Å²) in [5, 5.41) is 11.7. The Morgan fingerprint density at radius 1 is 0.316 bits per heavy atom. The lowest BCUT2D eigenvalue weighted by Crippen LogP contribution is -2.12. The van der Waals surface area contributed by atoms with Crippen LogP contribution in [-0.2, 0) is 0 Å². The minimum absolute atomic E-state index is 0.851. The monoisotopic (exact) mass is 727 g/mol. The van der Waals surface area contributed by atoms with Crippen LogP contribution >= 0.6 is 0 Å².